The summed E-state index contributed by atoms with van der Waals surface area (Å²) >= 11 is 0. The minimum Gasteiger partial charge on any atom is -0.354 e. The minimum absolute atomic E-state index is 0.0417. The fourth-order valence-electron chi connectivity index (χ4n) is 2.06. The molecule has 4 nitrogen and oxygen atoms in total. The number of nitrogens with one attached hydrogen (secondary N) is 2. The van der Waals surface area contributed by atoms with Gasteiger partial charge < -0.3 is 10.6 Å². The first-order chi connectivity index (χ1) is 8.74. The van der Waals surface area contributed by atoms with Crippen LogP contribution in [0.1, 0.15) is 24.8 Å². The van der Waals surface area contributed by atoms with Crippen LogP contribution >= 0.6 is 0 Å². The molecule has 1 aliphatic rings. The summed E-state index contributed by atoms with van der Waals surface area (Å²) < 4.78 is 0. The number of aryl methyl sites for hydroxylation is 1. The number of hydrogen-bond donors (Lipinski definition) is 2. The van der Waals surface area contributed by atoms with Gasteiger partial charge >= 0.3 is 0 Å². The fraction of sp³-hybridized carbons (Fsp3) is 0.429. The van der Waals surface area contributed by atoms with Gasteiger partial charge in [-0.1, -0.05) is 30.3 Å². The van der Waals surface area contributed by atoms with Gasteiger partial charge in [-0.2, -0.15) is 0 Å². The van der Waals surface area contributed by atoms with Crippen molar-refractivity contribution in [1.82, 2.24) is 10.6 Å². The number of benzene rings is 1. The van der Waals surface area contributed by atoms with E-state index in [1.165, 1.54) is 5.56 Å². The highest BCUT2D eigenvalue weighted by atomic mass is 16.2. The molecule has 0 spiro atoms. The Morgan fingerprint density at radius 2 is 2.11 bits per heavy atom. The van der Waals surface area contributed by atoms with E-state index in [1.54, 1.807) is 0 Å². The molecule has 1 fully saturated rings. The third-order valence-corrected chi connectivity index (χ3v) is 3.11. The highest BCUT2D eigenvalue weighted by Crippen LogP contribution is 2.05. The van der Waals surface area contributed by atoms with Crippen molar-refractivity contribution in [3.05, 3.63) is 35.9 Å². The summed E-state index contributed by atoms with van der Waals surface area (Å²) in [6, 6.07) is 10.1. The largest absolute Gasteiger partial charge is 0.354 e. The molecule has 0 aromatic heterocycles. The zero-order valence-electron chi connectivity index (χ0n) is 10.3. The van der Waals surface area contributed by atoms with Crippen molar-refractivity contribution in [2.45, 2.75) is 31.7 Å². The number of hydrogen-bond acceptors (Lipinski definition) is 2. The number of amides is 2. The Labute approximate surface area is 107 Å². The van der Waals surface area contributed by atoms with Crippen LogP contribution in [-0.4, -0.2) is 24.4 Å². The highest BCUT2D eigenvalue weighted by Gasteiger charge is 2.20. The topological polar surface area (TPSA) is 58.2 Å². The monoisotopic (exact) mass is 246 g/mol. The van der Waals surface area contributed by atoms with E-state index in [1.807, 2.05) is 30.3 Å². The van der Waals surface area contributed by atoms with E-state index in [9.17, 15) is 9.59 Å². The molecule has 2 rings (SSSR count). The second-order valence-corrected chi connectivity index (χ2v) is 4.59. The molecule has 2 N–H and O–H groups in total. The molecule has 1 aromatic rings. The zero-order valence-corrected chi connectivity index (χ0v) is 10.3. The quantitative estimate of drug-likeness (QED) is 0.814. The smallest absolute Gasteiger partial charge is 0.220 e. The first-order valence-electron chi connectivity index (χ1n) is 6.34. The van der Waals surface area contributed by atoms with Gasteiger partial charge in [0, 0.05) is 25.4 Å². The Bertz CT molecular complexity index is 417. The van der Waals surface area contributed by atoms with Gasteiger partial charge in [-0.3, -0.25) is 9.59 Å². The van der Waals surface area contributed by atoms with E-state index in [-0.39, 0.29) is 17.9 Å². The van der Waals surface area contributed by atoms with Gasteiger partial charge in [0.1, 0.15) is 0 Å². The Balaban J connectivity index is 1.65. The lowest BCUT2D eigenvalue weighted by atomic mass is 10.1. The van der Waals surface area contributed by atoms with Gasteiger partial charge in [-0.15, -0.1) is 0 Å². The van der Waals surface area contributed by atoms with Crippen LogP contribution in [0.15, 0.2) is 30.3 Å². The zero-order chi connectivity index (χ0) is 12.8. The lowest BCUT2D eigenvalue weighted by molar-refractivity contribution is -0.122. The van der Waals surface area contributed by atoms with Crippen molar-refractivity contribution in [2.75, 3.05) is 6.54 Å². The third kappa shape index (κ3) is 3.87. The fourth-order valence-corrected chi connectivity index (χ4v) is 2.06. The molecule has 1 aromatic carbocycles. The van der Waals surface area contributed by atoms with Crippen LogP contribution in [0.4, 0.5) is 0 Å². The van der Waals surface area contributed by atoms with E-state index in [0.29, 0.717) is 19.4 Å². The third-order valence-electron chi connectivity index (χ3n) is 3.11. The molecule has 2 amide bonds. The average molecular weight is 246 g/mol. The summed E-state index contributed by atoms with van der Waals surface area (Å²) in [5.41, 5.74) is 1.17. The van der Waals surface area contributed by atoms with Gasteiger partial charge in [0.15, 0.2) is 0 Å². The van der Waals surface area contributed by atoms with E-state index in [4.69, 9.17) is 0 Å². The average Bonchev–Trinajstić information content (AvgIpc) is 2.81. The van der Waals surface area contributed by atoms with Gasteiger partial charge in [0.05, 0.1) is 0 Å². The van der Waals surface area contributed by atoms with Crippen molar-refractivity contribution in [1.29, 1.82) is 0 Å². The predicted molar refractivity (Wildman–Crippen MR) is 68.9 cm³/mol. The molecule has 0 saturated carbocycles. The van der Waals surface area contributed by atoms with Crippen LogP contribution in [0.25, 0.3) is 0 Å². The molecule has 1 saturated heterocycles. The molecular weight excluding hydrogens is 228 g/mol. The minimum atomic E-state index is 0.0417. The van der Waals surface area contributed by atoms with E-state index < -0.39 is 0 Å². The molecule has 18 heavy (non-hydrogen) atoms. The summed E-state index contributed by atoms with van der Waals surface area (Å²) in [6.45, 7) is 0.541. The maximum atomic E-state index is 11.6. The summed E-state index contributed by atoms with van der Waals surface area (Å²) in [4.78, 5) is 22.6. The Morgan fingerprint density at radius 3 is 2.78 bits per heavy atom. The predicted octanol–water partition coefficient (Wildman–Crippen LogP) is 1.01. The summed E-state index contributed by atoms with van der Waals surface area (Å²) in [5.74, 6) is 0.124. The van der Waals surface area contributed by atoms with E-state index >= 15 is 0 Å². The first-order valence-corrected chi connectivity index (χ1v) is 6.34. The van der Waals surface area contributed by atoms with Crippen molar-refractivity contribution >= 4 is 11.8 Å². The normalized spacial score (nSPS) is 18.4. The molecule has 1 atom stereocenters. The molecule has 0 radical (unpaired) electrons. The first kappa shape index (κ1) is 12.6. The maximum absolute atomic E-state index is 11.6. The Kier molecular flexibility index (Phi) is 4.34. The summed E-state index contributed by atoms with van der Waals surface area (Å²) in [6.07, 6.45) is 2.64. The number of carbonyl (C=O) groups excluding carboxylic acids is 2. The van der Waals surface area contributed by atoms with Crippen molar-refractivity contribution in [3.63, 3.8) is 0 Å². The molecule has 1 aliphatic heterocycles. The number of carbonyl (C=O) groups is 2. The molecule has 96 valence electrons. The van der Waals surface area contributed by atoms with Gasteiger partial charge in [-0.25, -0.2) is 0 Å². The lowest BCUT2D eigenvalue weighted by Crippen LogP contribution is -2.38. The number of rotatable bonds is 5. The van der Waals surface area contributed by atoms with Crippen LogP contribution in [0.5, 0.6) is 0 Å². The maximum Gasteiger partial charge on any atom is 0.220 e. The summed E-state index contributed by atoms with van der Waals surface area (Å²) in [5, 5.41) is 5.69. The van der Waals surface area contributed by atoms with Crippen LogP contribution in [0.2, 0.25) is 0 Å². The molecule has 4 heteroatoms. The van der Waals surface area contributed by atoms with Crippen LogP contribution in [-0.2, 0) is 16.0 Å². The second-order valence-electron chi connectivity index (χ2n) is 4.59. The lowest BCUT2D eigenvalue weighted by Gasteiger charge is -2.11. The Hall–Kier alpha value is -1.84. The van der Waals surface area contributed by atoms with E-state index in [0.717, 1.165) is 12.8 Å². The van der Waals surface area contributed by atoms with Gasteiger partial charge in [-0.05, 0) is 18.4 Å². The molecule has 0 aliphatic carbocycles. The van der Waals surface area contributed by atoms with Crippen molar-refractivity contribution < 1.29 is 9.59 Å². The van der Waals surface area contributed by atoms with Gasteiger partial charge in [0.25, 0.3) is 0 Å². The molecule has 1 heterocycles. The second kappa shape index (κ2) is 6.19. The van der Waals surface area contributed by atoms with Gasteiger partial charge in [0.2, 0.25) is 11.8 Å². The van der Waals surface area contributed by atoms with E-state index in [2.05, 4.69) is 10.6 Å². The standard InChI is InChI=1S/C14H18N2O2/c17-13(8-6-11-4-2-1-3-5-11)15-10-12-7-9-14(18)16-12/h1-5,12H,6-10H2,(H,15,17)(H,16,18). The van der Waals surface area contributed by atoms with Crippen LogP contribution in [0.3, 0.4) is 0 Å². The van der Waals surface area contributed by atoms with Crippen molar-refractivity contribution in [2.24, 2.45) is 0 Å². The van der Waals surface area contributed by atoms with Crippen molar-refractivity contribution in [3.8, 4) is 0 Å². The molecule has 1 unspecified atom stereocenters. The molecule has 0 bridgehead atoms. The van der Waals surface area contributed by atoms with Crippen LogP contribution in [0, 0.1) is 0 Å². The highest BCUT2D eigenvalue weighted by molar-refractivity contribution is 5.79. The molecular formula is C14H18N2O2. The van der Waals surface area contributed by atoms with Crippen LogP contribution < -0.4 is 10.6 Å². The Morgan fingerprint density at radius 1 is 1.33 bits per heavy atom. The SMILES string of the molecule is O=C(CCc1ccccc1)NCC1CCC(=O)N1. The summed E-state index contributed by atoms with van der Waals surface area (Å²) in [7, 11) is 0.